The molecule has 0 unspecified atom stereocenters. The van der Waals surface area contributed by atoms with Gasteiger partial charge >= 0.3 is 0 Å². The predicted octanol–water partition coefficient (Wildman–Crippen LogP) is 5.37. The molecule has 1 amide bonds. The fraction of sp³-hybridized carbons (Fsp3) is 0.227. The van der Waals surface area contributed by atoms with Gasteiger partial charge in [0.2, 0.25) is 0 Å². The van der Waals surface area contributed by atoms with E-state index in [9.17, 15) is 4.79 Å². The summed E-state index contributed by atoms with van der Waals surface area (Å²) in [7, 11) is 0. The minimum atomic E-state index is -0.157. The Morgan fingerprint density at radius 1 is 1.00 bits per heavy atom. The molecule has 0 fully saturated rings. The van der Waals surface area contributed by atoms with Crippen molar-refractivity contribution >= 4 is 22.4 Å². The van der Waals surface area contributed by atoms with Gasteiger partial charge in [-0.3, -0.25) is 4.79 Å². The molecule has 0 saturated heterocycles. The first-order valence-electron chi connectivity index (χ1n) is 8.68. The van der Waals surface area contributed by atoms with E-state index in [0.29, 0.717) is 5.92 Å². The molecule has 0 aromatic heterocycles. The number of carbonyl (C=O) groups excluding carboxylic acids is 1. The van der Waals surface area contributed by atoms with Crippen LogP contribution in [-0.2, 0) is 4.79 Å². The maximum absolute atomic E-state index is 12.3. The fourth-order valence-electron chi connectivity index (χ4n) is 2.90. The van der Waals surface area contributed by atoms with Gasteiger partial charge in [0, 0.05) is 11.1 Å². The molecule has 3 aromatic carbocycles. The third kappa shape index (κ3) is 4.00. The van der Waals surface area contributed by atoms with Crippen molar-refractivity contribution in [3.63, 3.8) is 0 Å². The van der Waals surface area contributed by atoms with Crippen LogP contribution in [0.25, 0.3) is 10.8 Å². The van der Waals surface area contributed by atoms with E-state index in [4.69, 9.17) is 4.74 Å². The standard InChI is InChI=1S/C22H23NO2/c1-3-16(2)18-11-6-7-14-21(18)25-15-22(24)23-20-13-8-10-17-9-4-5-12-19(17)20/h4-14,16H,3,15H2,1-2H3,(H,23,24)/t16-/m1/s1. The Bertz CT molecular complexity index is 867. The first kappa shape index (κ1) is 17.0. The van der Waals surface area contributed by atoms with E-state index in [-0.39, 0.29) is 12.5 Å². The zero-order valence-electron chi connectivity index (χ0n) is 14.7. The van der Waals surface area contributed by atoms with Crippen molar-refractivity contribution in [2.24, 2.45) is 0 Å². The van der Waals surface area contributed by atoms with E-state index in [1.165, 1.54) is 0 Å². The molecule has 3 heteroatoms. The van der Waals surface area contributed by atoms with Gasteiger partial charge in [-0.1, -0.05) is 68.4 Å². The monoisotopic (exact) mass is 333 g/mol. The summed E-state index contributed by atoms with van der Waals surface area (Å²) in [6.07, 6.45) is 1.03. The number of rotatable bonds is 6. The van der Waals surface area contributed by atoms with Gasteiger partial charge in [0.05, 0.1) is 0 Å². The molecule has 0 aliphatic carbocycles. The van der Waals surface area contributed by atoms with Crippen LogP contribution in [0.5, 0.6) is 5.75 Å². The van der Waals surface area contributed by atoms with Crippen LogP contribution in [0.4, 0.5) is 5.69 Å². The van der Waals surface area contributed by atoms with Gasteiger partial charge in [0.25, 0.3) is 5.91 Å². The first-order valence-corrected chi connectivity index (χ1v) is 8.68. The summed E-state index contributed by atoms with van der Waals surface area (Å²) in [5.41, 5.74) is 1.95. The third-order valence-corrected chi connectivity index (χ3v) is 4.48. The molecule has 0 heterocycles. The van der Waals surface area contributed by atoms with Crippen molar-refractivity contribution in [3.05, 3.63) is 72.3 Å². The number of benzene rings is 3. The van der Waals surface area contributed by atoms with Gasteiger partial charge < -0.3 is 10.1 Å². The van der Waals surface area contributed by atoms with Crippen LogP contribution in [-0.4, -0.2) is 12.5 Å². The van der Waals surface area contributed by atoms with Gasteiger partial charge in [0.1, 0.15) is 5.75 Å². The minimum Gasteiger partial charge on any atom is -0.483 e. The molecule has 0 aliphatic rings. The van der Waals surface area contributed by atoms with Gasteiger partial charge in [-0.2, -0.15) is 0 Å². The van der Waals surface area contributed by atoms with E-state index in [2.05, 4.69) is 25.2 Å². The van der Waals surface area contributed by atoms with Crippen molar-refractivity contribution in [1.82, 2.24) is 0 Å². The highest BCUT2D eigenvalue weighted by Crippen LogP contribution is 2.28. The first-order chi connectivity index (χ1) is 12.2. The topological polar surface area (TPSA) is 38.3 Å². The van der Waals surface area contributed by atoms with Gasteiger partial charge in [-0.05, 0) is 35.4 Å². The molecule has 3 rings (SSSR count). The van der Waals surface area contributed by atoms with Gasteiger partial charge in [0.15, 0.2) is 6.61 Å². The average molecular weight is 333 g/mol. The van der Waals surface area contributed by atoms with Crippen molar-refractivity contribution in [1.29, 1.82) is 0 Å². The lowest BCUT2D eigenvalue weighted by molar-refractivity contribution is -0.118. The van der Waals surface area contributed by atoms with Crippen LogP contribution in [0.15, 0.2) is 66.7 Å². The van der Waals surface area contributed by atoms with E-state index < -0.39 is 0 Å². The quantitative estimate of drug-likeness (QED) is 0.658. The zero-order chi connectivity index (χ0) is 17.6. The van der Waals surface area contributed by atoms with Crippen LogP contribution < -0.4 is 10.1 Å². The molecule has 1 N–H and O–H groups in total. The fourth-order valence-corrected chi connectivity index (χ4v) is 2.90. The highest BCUT2D eigenvalue weighted by Gasteiger charge is 2.12. The Hall–Kier alpha value is -2.81. The summed E-state index contributed by atoms with van der Waals surface area (Å²) < 4.78 is 5.79. The average Bonchev–Trinajstić information content (AvgIpc) is 2.66. The molecule has 128 valence electrons. The Balaban J connectivity index is 1.70. The number of amides is 1. The Morgan fingerprint density at radius 2 is 1.72 bits per heavy atom. The summed E-state index contributed by atoms with van der Waals surface area (Å²) in [5, 5.41) is 5.08. The van der Waals surface area contributed by atoms with E-state index in [1.54, 1.807) is 0 Å². The summed E-state index contributed by atoms with van der Waals surface area (Å²) in [6, 6.07) is 21.8. The molecule has 0 radical (unpaired) electrons. The highest BCUT2D eigenvalue weighted by molar-refractivity contribution is 6.02. The Labute approximate surface area is 148 Å². The second kappa shape index (κ2) is 7.84. The molecule has 0 saturated carbocycles. The smallest absolute Gasteiger partial charge is 0.262 e. The number of ether oxygens (including phenoxy) is 1. The SMILES string of the molecule is CC[C@@H](C)c1ccccc1OCC(=O)Nc1cccc2ccccc12. The van der Waals surface area contributed by atoms with Crippen molar-refractivity contribution in [2.75, 3.05) is 11.9 Å². The van der Waals surface area contributed by atoms with E-state index in [1.807, 2.05) is 60.7 Å². The predicted molar refractivity (Wildman–Crippen MR) is 103 cm³/mol. The minimum absolute atomic E-state index is 0.00330. The number of anilines is 1. The van der Waals surface area contributed by atoms with Crippen molar-refractivity contribution in [2.45, 2.75) is 26.2 Å². The number of nitrogens with one attached hydrogen (secondary N) is 1. The van der Waals surface area contributed by atoms with Gasteiger partial charge in [-0.15, -0.1) is 0 Å². The molecule has 3 aromatic rings. The molecule has 0 bridgehead atoms. The molecule has 3 nitrogen and oxygen atoms in total. The third-order valence-electron chi connectivity index (χ3n) is 4.48. The second-order valence-electron chi connectivity index (χ2n) is 6.21. The summed E-state index contributed by atoms with van der Waals surface area (Å²) >= 11 is 0. The van der Waals surface area contributed by atoms with Crippen LogP contribution in [0.2, 0.25) is 0 Å². The molecular formula is C22H23NO2. The van der Waals surface area contributed by atoms with Crippen LogP contribution in [0, 0.1) is 0 Å². The number of para-hydroxylation sites is 1. The Morgan fingerprint density at radius 3 is 2.56 bits per heavy atom. The normalized spacial score (nSPS) is 11.9. The van der Waals surface area contributed by atoms with Crippen molar-refractivity contribution in [3.8, 4) is 5.75 Å². The lowest BCUT2D eigenvalue weighted by Gasteiger charge is -2.15. The van der Waals surface area contributed by atoms with Crippen LogP contribution in [0.1, 0.15) is 31.7 Å². The molecule has 0 spiro atoms. The summed E-state index contributed by atoms with van der Waals surface area (Å²) in [4.78, 5) is 12.3. The number of fused-ring (bicyclic) bond motifs is 1. The summed E-state index contributed by atoms with van der Waals surface area (Å²) in [6.45, 7) is 4.31. The van der Waals surface area contributed by atoms with Crippen LogP contribution >= 0.6 is 0 Å². The maximum Gasteiger partial charge on any atom is 0.262 e. The van der Waals surface area contributed by atoms with E-state index in [0.717, 1.165) is 34.2 Å². The molecule has 25 heavy (non-hydrogen) atoms. The Kier molecular flexibility index (Phi) is 5.34. The lowest BCUT2D eigenvalue weighted by Crippen LogP contribution is -2.20. The lowest BCUT2D eigenvalue weighted by atomic mass is 9.98. The molecule has 1 atom stereocenters. The van der Waals surface area contributed by atoms with E-state index >= 15 is 0 Å². The number of carbonyl (C=O) groups is 1. The number of hydrogen-bond donors (Lipinski definition) is 1. The number of hydrogen-bond acceptors (Lipinski definition) is 2. The highest BCUT2D eigenvalue weighted by atomic mass is 16.5. The van der Waals surface area contributed by atoms with Crippen molar-refractivity contribution < 1.29 is 9.53 Å². The largest absolute Gasteiger partial charge is 0.483 e. The second-order valence-corrected chi connectivity index (χ2v) is 6.21. The van der Waals surface area contributed by atoms with Crippen LogP contribution in [0.3, 0.4) is 0 Å². The zero-order valence-corrected chi connectivity index (χ0v) is 14.7. The maximum atomic E-state index is 12.3. The summed E-state index contributed by atoms with van der Waals surface area (Å²) in [5.74, 6) is 1.03. The molecule has 0 aliphatic heterocycles. The van der Waals surface area contributed by atoms with Gasteiger partial charge in [-0.25, -0.2) is 0 Å². The molecular weight excluding hydrogens is 310 g/mol.